The second kappa shape index (κ2) is 6.75. The Hall–Kier alpha value is -0.460. The topological polar surface area (TPSA) is 55.4 Å². The Morgan fingerprint density at radius 3 is 2.76 bits per heavy atom. The standard InChI is InChI=1S/C14H19BrClNO3S/c1-3-20-14-10(15)7-9(16)8-12(14)17-11-5-4-6-13(11)21(2,18)19/h7-8,11,13,17H,3-6H2,1-2H3. The minimum Gasteiger partial charge on any atom is -0.491 e. The van der Waals surface area contributed by atoms with E-state index in [1.807, 2.05) is 6.92 Å². The third-order valence-corrected chi connectivity index (χ3v) is 6.11. The molecule has 1 aliphatic rings. The van der Waals surface area contributed by atoms with Crippen molar-refractivity contribution in [2.24, 2.45) is 0 Å². The summed E-state index contributed by atoms with van der Waals surface area (Å²) in [4.78, 5) is 0. The summed E-state index contributed by atoms with van der Waals surface area (Å²) < 4.78 is 30.1. The molecule has 0 amide bonds. The molecule has 0 radical (unpaired) electrons. The summed E-state index contributed by atoms with van der Waals surface area (Å²) in [7, 11) is -3.07. The zero-order valence-electron chi connectivity index (χ0n) is 12.0. The lowest BCUT2D eigenvalue weighted by molar-refractivity contribution is 0.339. The molecule has 7 heteroatoms. The number of ether oxygens (including phenoxy) is 1. The number of hydrogen-bond acceptors (Lipinski definition) is 4. The van der Waals surface area contributed by atoms with Crippen molar-refractivity contribution < 1.29 is 13.2 Å². The molecule has 1 saturated carbocycles. The molecule has 0 aliphatic heterocycles. The van der Waals surface area contributed by atoms with Crippen LogP contribution in [0.2, 0.25) is 5.02 Å². The molecule has 0 aromatic heterocycles. The van der Waals surface area contributed by atoms with Gasteiger partial charge in [-0.15, -0.1) is 0 Å². The van der Waals surface area contributed by atoms with E-state index in [0.717, 1.165) is 23.0 Å². The lowest BCUT2D eigenvalue weighted by Crippen LogP contribution is -2.34. The number of nitrogens with one attached hydrogen (secondary N) is 1. The van der Waals surface area contributed by atoms with Crippen LogP contribution in [0.5, 0.6) is 5.75 Å². The van der Waals surface area contributed by atoms with E-state index in [1.54, 1.807) is 12.1 Å². The number of rotatable bonds is 5. The van der Waals surface area contributed by atoms with Crippen molar-refractivity contribution in [2.45, 2.75) is 37.5 Å². The second-order valence-corrected chi connectivity index (χ2v) is 8.80. The van der Waals surface area contributed by atoms with Crippen LogP contribution in [0.1, 0.15) is 26.2 Å². The van der Waals surface area contributed by atoms with Gasteiger partial charge in [-0.2, -0.15) is 0 Å². The molecule has 1 fully saturated rings. The van der Waals surface area contributed by atoms with Crippen LogP contribution in [0.15, 0.2) is 16.6 Å². The van der Waals surface area contributed by atoms with Crippen LogP contribution in [-0.2, 0) is 9.84 Å². The first-order valence-electron chi connectivity index (χ1n) is 6.90. The van der Waals surface area contributed by atoms with Gasteiger partial charge in [0, 0.05) is 17.3 Å². The molecule has 4 nitrogen and oxygen atoms in total. The highest BCUT2D eigenvalue weighted by Crippen LogP contribution is 2.39. The van der Waals surface area contributed by atoms with Crippen LogP contribution >= 0.6 is 27.5 Å². The highest BCUT2D eigenvalue weighted by atomic mass is 79.9. The first kappa shape index (κ1) is 16.9. The normalized spacial score (nSPS) is 22.3. The number of halogens is 2. The summed E-state index contributed by atoms with van der Waals surface area (Å²) in [6, 6.07) is 3.43. The van der Waals surface area contributed by atoms with Gasteiger partial charge in [0.1, 0.15) is 0 Å². The average molecular weight is 397 g/mol. The molecule has 21 heavy (non-hydrogen) atoms. The fourth-order valence-corrected chi connectivity index (χ4v) is 5.08. The van der Waals surface area contributed by atoms with Gasteiger partial charge in [-0.05, 0) is 54.2 Å². The summed E-state index contributed by atoms with van der Waals surface area (Å²) in [5.74, 6) is 0.668. The van der Waals surface area contributed by atoms with E-state index in [-0.39, 0.29) is 11.3 Å². The number of sulfone groups is 1. The van der Waals surface area contributed by atoms with E-state index in [9.17, 15) is 8.42 Å². The highest BCUT2D eigenvalue weighted by Gasteiger charge is 2.35. The van der Waals surface area contributed by atoms with Gasteiger partial charge in [0.25, 0.3) is 0 Å². The van der Waals surface area contributed by atoms with Gasteiger partial charge in [0.15, 0.2) is 15.6 Å². The van der Waals surface area contributed by atoms with E-state index >= 15 is 0 Å². The van der Waals surface area contributed by atoms with E-state index < -0.39 is 9.84 Å². The fraction of sp³-hybridized carbons (Fsp3) is 0.571. The zero-order valence-corrected chi connectivity index (χ0v) is 15.2. The van der Waals surface area contributed by atoms with Crippen molar-refractivity contribution >= 4 is 43.1 Å². The molecule has 1 N–H and O–H groups in total. The Morgan fingerprint density at radius 2 is 2.14 bits per heavy atom. The van der Waals surface area contributed by atoms with Gasteiger partial charge < -0.3 is 10.1 Å². The largest absolute Gasteiger partial charge is 0.491 e. The first-order chi connectivity index (χ1) is 9.82. The van der Waals surface area contributed by atoms with E-state index in [1.165, 1.54) is 6.26 Å². The number of anilines is 1. The summed E-state index contributed by atoms with van der Waals surface area (Å²) in [6.45, 7) is 2.43. The van der Waals surface area contributed by atoms with Crippen LogP contribution in [0.4, 0.5) is 5.69 Å². The van der Waals surface area contributed by atoms with Crippen LogP contribution in [0.25, 0.3) is 0 Å². The number of hydrogen-bond donors (Lipinski definition) is 1. The predicted molar refractivity (Wildman–Crippen MR) is 90.2 cm³/mol. The van der Waals surface area contributed by atoms with Gasteiger partial charge in [-0.1, -0.05) is 11.6 Å². The molecule has 0 bridgehead atoms. The van der Waals surface area contributed by atoms with Gasteiger partial charge in [0.05, 0.1) is 22.0 Å². The maximum atomic E-state index is 11.9. The summed E-state index contributed by atoms with van der Waals surface area (Å²) in [6.07, 6.45) is 3.73. The quantitative estimate of drug-likeness (QED) is 0.820. The Morgan fingerprint density at radius 1 is 1.43 bits per heavy atom. The SMILES string of the molecule is CCOc1c(Br)cc(Cl)cc1NC1CCCC1S(C)(=O)=O. The van der Waals surface area contributed by atoms with E-state index in [4.69, 9.17) is 16.3 Å². The monoisotopic (exact) mass is 395 g/mol. The Kier molecular flexibility index (Phi) is 5.43. The van der Waals surface area contributed by atoms with Gasteiger partial charge in [0.2, 0.25) is 0 Å². The molecule has 1 aromatic carbocycles. The molecule has 0 spiro atoms. The van der Waals surface area contributed by atoms with Crippen molar-refractivity contribution in [1.82, 2.24) is 0 Å². The smallest absolute Gasteiger partial charge is 0.156 e. The minimum absolute atomic E-state index is 0.107. The lowest BCUT2D eigenvalue weighted by Gasteiger charge is -2.23. The minimum atomic E-state index is -3.07. The van der Waals surface area contributed by atoms with Crippen molar-refractivity contribution in [3.63, 3.8) is 0 Å². The predicted octanol–water partition coefficient (Wildman–Crippen LogP) is 3.88. The van der Waals surface area contributed by atoms with Crippen LogP contribution in [0.3, 0.4) is 0 Å². The van der Waals surface area contributed by atoms with Gasteiger partial charge in [-0.25, -0.2) is 8.42 Å². The van der Waals surface area contributed by atoms with Crippen molar-refractivity contribution in [1.29, 1.82) is 0 Å². The second-order valence-electron chi connectivity index (χ2n) is 5.25. The summed E-state index contributed by atoms with van der Waals surface area (Å²) in [5, 5.41) is 3.53. The average Bonchev–Trinajstić information content (AvgIpc) is 2.81. The Bertz CT molecular complexity index is 621. The summed E-state index contributed by atoms with van der Waals surface area (Å²) in [5.41, 5.74) is 0.733. The van der Waals surface area contributed by atoms with Gasteiger partial charge >= 0.3 is 0 Å². The molecular formula is C14H19BrClNO3S. The van der Waals surface area contributed by atoms with Crippen LogP contribution < -0.4 is 10.1 Å². The van der Waals surface area contributed by atoms with Crippen molar-refractivity contribution in [3.05, 3.63) is 21.6 Å². The molecule has 2 rings (SSSR count). The third-order valence-electron chi connectivity index (χ3n) is 3.64. The molecule has 1 aromatic rings. The van der Waals surface area contributed by atoms with Crippen LogP contribution in [-0.4, -0.2) is 32.6 Å². The third kappa shape index (κ3) is 4.05. The summed E-state index contributed by atoms with van der Waals surface area (Å²) >= 11 is 9.53. The number of benzene rings is 1. The van der Waals surface area contributed by atoms with Gasteiger partial charge in [-0.3, -0.25) is 0 Å². The molecule has 0 heterocycles. The maximum Gasteiger partial charge on any atom is 0.156 e. The Balaban J connectivity index is 2.30. The molecule has 2 atom stereocenters. The molecule has 1 aliphatic carbocycles. The van der Waals surface area contributed by atoms with Crippen molar-refractivity contribution in [3.8, 4) is 5.75 Å². The molecule has 2 unspecified atom stereocenters. The highest BCUT2D eigenvalue weighted by molar-refractivity contribution is 9.10. The molecule has 118 valence electrons. The van der Waals surface area contributed by atoms with Crippen LogP contribution in [0, 0.1) is 0 Å². The lowest BCUT2D eigenvalue weighted by atomic mass is 10.2. The fourth-order valence-electron chi connectivity index (χ4n) is 2.76. The first-order valence-corrected chi connectivity index (χ1v) is 10.0. The maximum absolute atomic E-state index is 11.9. The zero-order chi connectivity index (χ0) is 15.6. The molecular weight excluding hydrogens is 378 g/mol. The van der Waals surface area contributed by atoms with E-state index in [0.29, 0.717) is 23.8 Å². The van der Waals surface area contributed by atoms with E-state index in [2.05, 4.69) is 21.2 Å². The van der Waals surface area contributed by atoms with Crippen molar-refractivity contribution in [2.75, 3.05) is 18.2 Å². The Labute approximate surface area is 139 Å². The molecule has 0 saturated heterocycles.